The fraction of sp³-hybridized carbons (Fsp3) is 0.0964. The van der Waals surface area contributed by atoms with Crippen molar-refractivity contribution >= 4 is 33.5 Å². The van der Waals surface area contributed by atoms with Gasteiger partial charge in [-0.05, 0) is 127 Å². The molecule has 0 atom stereocenters. The van der Waals surface area contributed by atoms with Crippen molar-refractivity contribution in [2.45, 2.75) is 52.4 Å². The van der Waals surface area contributed by atoms with Crippen LogP contribution in [0.1, 0.15) is 64.1 Å². The van der Waals surface area contributed by atoms with E-state index in [2.05, 4.69) is 307 Å². The van der Waals surface area contributed by atoms with E-state index in [1.807, 2.05) is 36.4 Å². The second kappa shape index (κ2) is 23.5. The maximum absolute atomic E-state index is 5.61. The molecule has 0 N–H and O–H groups in total. The van der Waals surface area contributed by atoms with Crippen LogP contribution in [0.2, 0.25) is 0 Å². The van der Waals surface area contributed by atoms with Gasteiger partial charge in [0.15, 0.2) is 17.5 Å². The average molecular weight is 1120 g/mol. The summed E-state index contributed by atoms with van der Waals surface area (Å²) in [4.78, 5) is 16.5. The molecule has 0 amide bonds. The van der Waals surface area contributed by atoms with Crippen molar-refractivity contribution in [2.75, 3.05) is 0 Å². The molecule has 0 saturated heterocycles. The molecule has 0 aliphatic rings. The Morgan fingerprint density at radius 3 is 1.08 bits per heavy atom. The Bertz CT molecular complexity index is 4470. The molecule has 0 aliphatic heterocycles. The zero-order valence-electron chi connectivity index (χ0n) is 50.2. The van der Waals surface area contributed by atoms with Gasteiger partial charge in [-0.25, -0.2) is 15.0 Å². The Morgan fingerprint density at radius 1 is 0.356 bits per heavy atom. The van der Waals surface area contributed by atoms with Crippen molar-refractivity contribution in [3.05, 3.63) is 314 Å². The van der Waals surface area contributed by atoms with E-state index in [9.17, 15) is 0 Å². The SMILES string of the molecule is C=C/C(=C\C=C\c1ccccc1)c1nc(-c2cc(-c3ccccc3)cc(-c3ccccc3)c2)nc(-c2cc(-c3ccccc3)c(-n3c4c(-c5ccccc5)cc(C(C)(C)C)cc4c4cc(C(C)(C)C)cc(-c5ccccc5)c43)c(-c3ccccc3)c2)n1. The number of aromatic nitrogens is 4. The predicted molar refractivity (Wildman–Crippen MR) is 369 cm³/mol. The summed E-state index contributed by atoms with van der Waals surface area (Å²) in [6, 6.07) is 96.2. The van der Waals surface area contributed by atoms with Crippen molar-refractivity contribution in [1.82, 2.24) is 19.5 Å². The summed E-state index contributed by atoms with van der Waals surface area (Å²) in [6.45, 7) is 18.3. The smallest absolute Gasteiger partial charge is 0.164 e. The van der Waals surface area contributed by atoms with Crippen molar-refractivity contribution in [3.63, 3.8) is 0 Å². The van der Waals surface area contributed by atoms with Gasteiger partial charge in [0.1, 0.15) is 0 Å². The van der Waals surface area contributed by atoms with Crippen LogP contribution in [0, 0.1) is 0 Å². The summed E-state index contributed by atoms with van der Waals surface area (Å²) in [5.74, 6) is 1.58. The van der Waals surface area contributed by atoms with Crippen LogP contribution in [0.25, 0.3) is 129 Å². The summed E-state index contributed by atoms with van der Waals surface area (Å²) >= 11 is 0. The van der Waals surface area contributed by atoms with E-state index in [-0.39, 0.29) is 10.8 Å². The van der Waals surface area contributed by atoms with Crippen LogP contribution in [0.5, 0.6) is 0 Å². The second-order valence-corrected chi connectivity index (χ2v) is 24.5. The van der Waals surface area contributed by atoms with Crippen LogP contribution in [0.4, 0.5) is 0 Å². The average Bonchev–Trinajstić information content (AvgIpc) is 1.58. The van der Waals surface area contributed by atoms with Gasteiger partial charge in [0.2, 0.25) is 0 Å². The molecule has 13 rings (SSSR count). The van der Waals surface area contributed by atoms with Gasteiger partial charge >= 0.3 is 0 Å². The summed E-state index contributed by atoms with van der Waals surface area (Å²) in [7, 11) is 0. The minimum Gasteiger partial charge on any atom is -0.307 e. The first-order chi connectivity index (χ1) is 42.4. The monoisotopic (exact) mass is 1120 g/mol. The molecule has 2 heterocycles. The van der Waals surface area contributed by atoms with Crippen LogP contribution in [0.3, 0.4) is 0 Å². The number of hydrogen-bond acceptors (Lipinski definition) is 3. The van der Waals surface area contributed by atoms with E-state index in [4.69, 9.17) is 15.0 Å². The minimum atomic E-state index is -0.158. The Kier molecular flexibility index (Phi) is 15.0. The number of allylic oxidation sites excluding steroid dienone is 4. The van der Waals surface area contributed by atoms with E-state index >= 15 is 0 Å². The molecule has 0 unspecified atom stereocenters. The molecule has 0 saturated carbocycles. The number of nitrogens with zero attached hydrogens (tertiary/aromatic N) is 4. The maximum atomic E-state index is 5.61. The highest BCUT2D eigenvalue weighted by Crippen LogP contribution is 2.50. The predicted octanol–water partition coefficient (Wildman–Crippen LogP) is 22.2. The summed E-state index contributed by atoms with van der Waals surface area (Å²) in [5.41, 5.74) is 22.2. The lowest BCUT2D eigenvalue weighted by Crippen LogP contribution is -2.11. The Morgan fingerprint density at radius 2 is 0.701 bits per heavy atom. The first kappa shape index (κ1) is 55.6. The lowest BCUT2D eigenvalue weighted by atomic mass is 9.82. The Hall–Kier alpha value is -10.6. The molecule has 0 radical (unpaired) electrons. The molecule has 13 aromatic rings. The highest BCUT2D eigenvalue weighted by Gasteiger charge is 2.30. The minimum absolute atomic E-state index is 0.158. The highest BCUT2D eigenvalue weighted by atomic mass is 15.0. The summed E-state index contributed by atoms with van der Waals surface area (Å²) in [6.07, 6.45) is 8.02. The van der Waals surface area contributed by atoms with Crippen LogP contribution in [-0.4, -0.2) is 19.5 Å². The molecule has 0 fully saturated rings. The summed E-state index contributed by atoms with van der Waals surface area (Å²) < 4.78 is 2.62. The number of hydrogen-bond donors (Lipinski definition) is 0. The molecule has 11 aromatic carbocycles. The maximum Gasteiger partial charge on any atom is 0.164 e. The van der Waals surface area contributed by atoms with Crippen molar-refractivity contribution in [3.8, 4) is 95.2 Å². The van der Waals surface area contributed by atoms with Gasteiger partial charge < -0.3 is 4.57 Å². The molecule has 4 heteroatoms. The van der Waals surface area contributed by atoms with Crippen LogP contribution in [0.15, 0.2) is 292 Å². The third-order valence-electron chi connectivity index (χ3n) is 16.5. The normalized spacial score (nSPS) is 12.1. The molecular formula is C83H68N4. The van der Waals surface area contributed by atoms with Gasteiger partial charge in [-0.2, -0.15) is 0 Å². The number of benzene rings is 11. The lowest BCUT2D eigenvalue weighted by Gasteiger charge is -2.25. The Balaban J connectivity index is 1.18. The molecular weight excluding hydrogens is 1050 g/mol. The van der Waals surface area contributed by atoms with Crippen molar-refractivity contribution in [2.24, 2.45) is 0 Å². The van der Waals surface area contributed by atoms with Gasteiger partial charge in [-0.15, -0.1) is 0 Å². The molecule has 0 aliphatic carbocycles. The first-order valence-electron chi connectivity index (χ1n) is 30.0. The molecule has 420 valence electrons. The van der Waals surface area contributed by atoms with Crippen LogP contribution < -0.4 is 0 Å². The third kappa shape index (κ3) is 11.3. The van der Waals surface area contributed by atoms with Crippen molar-refractivity contribution in [1.29, 1.82) is 0 Å². The lowest BCUT2D eigenvalue weighted by molar-refractivity contribution is 0.590. The van der Waals surface area contributed by atoms with Gasteiger partial charge in [-0.3, -0.25) is 0 Å². The van der Waals surface area contributed by atoms with E-state index < -0.39 is 0 Å². The molecule has 0 bridgehead atoms. The molecule has 0 spiro atoms. The molecule has 87 heavy (non-hydrogen) atoms. The summed E-state index contributed by atoms with van der Waals surface area (Å²) in [5, 5.41) is 2.40. The zero-order chi connectivity index (χ0) is 59.7. The Labute approximate surface area is 511 Å². The second-order valence-electron chi connectivity index (χ2n) is 24.5. The quantitative estimate of drug-likeness (QED) is 0.108. The van der Waals surface area contributed by atoms with E-state index in [1.54, 1.807) is 0 Å². The topological polar surface area (TPSA) is 43.6 Å². The van der Waals surface area contributed by atoms with Crippen LogP contribution >= 0.6 is 0 Å². The fourth-order valence-corrected chi connectivity index (χ4v) is 11.9. The van der Waals surface area contributed by atoms with Gasteiger partial charge in [0.25, 0.3) is 0 Å². The van der Waals surface area contributed by atoms with E-state index in [0.29, 0.717) is 17.5 Å². The largest absolute Gasteiger partial charge is 0.307 e. The molecule has 2 aromatic heterocycles. The van der Waals surface area contributed by atoms with E-state index in [0.717, 1.165) is 106 Å². The number of fused-ring (bicyclic) bond motifs is 3. The standard InChI is InChI=1S/C83H68N4/c1-8-57(46-30-33-56-31-16-9-17-32-56)79-84-80(66-48-64(58-34-18-10-19-35-58)47-65(49-66)59-36-20-11-21-37-59)86-81(85-79)67-50-70(60-38-22-12-23-39-60)76(71(51-67)61-40-24-13-25-41-61)87-77-72(62-42-26-14-27-43-62)52-68(82(2,3)4)54-74(77)75-55-69(83(5,6)7)53-73(78(75)87)63-44-28-15-29-45-63/h8-55H,1H2,2-7H3/b33-30+,57-46+. The van der Waals surface area contributed by atoms with E-state index in [1.165, 1.54) is 21.9 Å². The van der Waals surface area contributed by atoms with Gasteiger partial charge in [-0.1, -0.05) is 285 Å². The highest BCUT2D eigenvalue weighted by molar-refractivity contribution is 6.19. The van der Waals surface area contributed by atoms with Gasteiger partial charge in [0.05, 0.1) is 16.7 Å². The number of rotatable bonds is 13. The first-order valence-corrected chi connectivity index (χ1v) is 30.0. The third-order valence-corrected chi connectivity index (χ3v) is 16.5. The zero-order valence-corrected chi connectivity index (χ0v) is 50.2. The van der Waals surface area contributed by atoms with Crippen molar-refractivity contribution < 1.29 is 0 Å². The van der Waals surface area contributed by atoms with Gasteiger partial charge in [0, 0.05) is 49.7 Å². The fourth-order valence-electron chi connectivity index (χ4n) is 11.9. The molecule has 4 nitrogen and oxygen atoms in total. The van der Waals surface area contributed by atoms with Crippen LogP contribution in [-0.2, 0) is 10.8 Å².